The van der Waals surface area contributed by atoms with Crippen molar-refractivity contribution in [3.8, 4) is 17.1 Å². The summed E-state index contributed by atoms with van der Waals surface area (Å²) in [5.74, 6) is 0.994. The van der Waals surface area contributed by atoms with Gasteiger partial charge in [0.05, 0.1) is 11.1 Å². The van der Waals surface area contributed by atoms with E-state index in [0.717, 1.165) is 16.8 Å². The fourth-order valence-electron chi connectivity index (χ4n) is 2.39. The molecule has 0 atom stereocenters. The van der Waals surface area contributed by atoms with E-state index in [4.69, 9.17) is 9.26 Å². The van der Waals surface area contributed by atoms with E-state index in [9.17, 15) is 4.79 Å². The molecule has 0 aliphatic rings. The number of carbonyl (C=O) groups excluding carboxylic acids is 1. The predicted octanol–water partition coefficient (Wildman–Crippen LogP) is 3.37. The van der Waals surface area contributed by atoms with Gasteiger partial charge in [-0.25, -0.2) is 4.98 Å². The second-order valence-electron chi connectivity index (χ2n) is 5.47. The van der Waals surface area contributed by atoms with E-state index in [1.54, 1.807) is 12.1 Å². The van der Waals surface area contributed by atoms with Gasteiger partial charge in [-0.15, -0.1) is 0 Å². The fraction of sp³-hybridized carbons (Fsp3) is 0.211. The summed E-state index contributed by atoms with van der Waals surface area (Å²) >= 11 is 0. The summed E-state index contributed by atoms with van der Waals surface area (Å²) in [7, 11) is 0. The Morgan fingerprint density at radius 1 is 1.20 bits per heavy atom. The molecule has 2 aromatic heterocycles. The molecule has 2 heterocycles. The zero-order valence-corrected chi connectivity index (χ0v) is 14.2. The number of hydrogen-bond acceptors (Lipinski definition) is 5. The zero-order chi connectivity index (χ0) is 17.6. The van der Waals surface area contributed by atoms with Crippen LogP contribution < -0.4 is 10.1 Å². The number of rotatable bonds is 6. The number of carbonyl (C=O) groups is 1. The summed E-state index contributed by atoms with van der Waals surface area (Å²) in [5.41, 5.74) is 3.11. The molecule has 0 saturated carbocycles. The molecule has 0 fully saturated rings. The molecular formula is C19H19N3O3. The average Bonchev–Trinajstić information content (AvgIpc) is 3.02. The van der Waals surface area contributed by atoms with E-state index in [0.29, 0.717) is 23.7 Å². The van der Waals surface area contributed by atoms with Crippen LogP contribution in [0.25, 0.3) is 11.3 Å². The Morgan fingerprint density at radius 3 is 2.68 bits per heavy atom. The van der Waals surface area contributed by atoms with Crippen molar-refractivity contribution in [3.63, 3.8) is 0 Å². The van der Waals surface area contributed by atoms with Crippen molar-refractivity contribution < 1.29 is 14.1 Å². The number of hydrogen-bond donors (Lipinski definition) is 1. The molecule has 1 N–H and O–H groups in total. The summed E-state index contributed by atoms with van der Waals surface area (Å²) in [5, 5.41) is 6.86. The molecule has 0 aliphatic carbocycles. The number of aryl methyl sites for hydroxylation is 1. The van der Waals surface area contributed by atoms with Gasteiger partial charge in [0.15, 0.2) is 0 Å². The van der Waals surface area contributed by atoms with Crippen molar-refractivity contribution in [1.82, 2.24) is 15.5 Å². The van der Waals surface area contributed by atoms with E-state index in [1.807, 2.05) is 44.2 Å². The minimum Gasteiger partial charge on any atom is -0.473 e. The molecule has 128 valence electrons. The van der Waals surface area contributed by atoms with Crippen LogP contribution in [0.4, 0.5) is 0 Å². The van der Waals surface area contributed by atoms with Gasteiger partial charge in [0.2, 0.25) is 5.88 Å². The Balaban J connectivity index is 1.72. The number of aromatic nitrogens is 2. The van der Waals surface area contributed by atoms with Crippen molar-refractivity contribution in [3.05, 3.63) is 65.5 Å². The van der Waals surface area contributed by atoms with Crippen molar-refractivity contribution in [2.24, 2.45) is 0 Å². The highest BCUT2D eigenvalue weighted by Gasteiger charge is 2.15. The number of nitrogens with zero attached hydrogens (tertiary/aromatic N) is 2. The van der Waals surface area contributed by atoms with E-state index in [-0.39, 0.29) is 12.5 Å². The molecule has 0 unspecified atom stereocenters. The molecule has 1 amide bonds. The van der Waals surface area contributed by atoms with Crippen LogP contribution in [-0.2, 0) is 6.61 Å². The standard InChI is InChI=1S/C19H19N3O3/c1-3-20-19(23)15-9-10-17(21-11-15)24-12-16-13(2)25-22-18(16)14-7-5-4-6-8-14/h4-11H,3,12H2,1-2H3,(H,20,23). The summed E-state index contributed by atoms with van der Waals surface area (Å²) in [6.45, 7) is 4.58. The van der Waals surface area contributed by atoms with Gasteiger partial charge in [-0.1, -0.05) is 35.5 Å². The van der Waals surface area contributed by atoms with Crippen LogP contribution in [0.3, 0.4) is 0 Å². The van der Waals surface area contributed by atoms with Crippen LogP contribution in [0.2, 0.25) is 0 Å². The van der Waals surface area contributed by atoms with Crippen LogP contribution in [0.1, 0.15) is 28.6 Å². The molecule has 0 spiro atoms. The first-order valence-electron chi connectivity index (χ1n) is 8.06. The van der Waals surface area contributed by atoms with Gasteiger partial charge in [-0.05, 0) is 19.9 Å². The SMILES string of the molecule is CCNC(=O)c1ccc(OCc2c(-c3ccccc3)noc2C)nc1. The highest BCUT2D eigenvalue weighted by Crippen LogP contribution is 2.26. The molecule has 0 radical (unpaired) electrons. The number of benzene rings is 1. The van der Waals surface area contributed by atoms with Gasteiger partial charge in [0.25, 0.3) is 5.91 Å². The van der Waals surface area contributed by atoms with Gasteiger partial charge < -0.3 is 14.6 Å². The summed E-state index contributed by atoms with van der Waals surface area (Å²) in [6.07, 6.45) is 1.50. The highest BCUT2D eigenvalue weighted by atomic mass is 16.5. The van der Waals surface area contributed by atoms with Gasteiger partial charge in [-0.2, -0.15) is 0 Å². The van der Waals surface area contributed by atoms with Crippen molar-refractivity contribution in [2.45, 2.75) is 20.5 Å². The Hall–Kier alpha value is -3.15. The Labute approximate surface area is 145 Å². The molecular weight excluding hydrogens is 318 g/mol. The molecule has 3 aromatic rings. The minimum absolute atomic E-state index is 0.150. The van der Waals surface area contributed by atoms with Gasteiger partial charge in [0.1, 0.15) is 18.1 Å². The lowest BCUT2D eigenvalue weighted by atomic mass is 10.1. The molecule has 6 nitrogen and oxygen atoms in total. The fourth-order valence-corrected chi connectivity index (χ4v) is 2.39. The second kappa shape index (κ2) is 7.61. The maximum Gasteiger partial charge on any atom is 0.252 e. The maximum atomic E-state index is 11.7. The van der Waals surface area contributed by atoms with Gasteiger partial charge in [0, 0.05) is 24.4 Å². The molecule has 0 aliphatic heterocycles. The third-order valence-corrected chi connectivity index (χ3v) is 3.73. The summed E-state index contributed by atoms with van der Waals surface area (Å²) < 4.78 is 11.1. The first kappa shape index (κ1) is 16.7. The topological polar surface area (TPSA) is 77.2 Å². The van der Waals surface area contributed by atoms with E-state index < -0.39 is 0 Å². The molecule has 1 aromatic carbocycles. The maximum absolute atomic E-state index is 11.7. The van der Waals surface area contributed by atoms with Crippen molar-refractivity contribution >= 4 is 5.91 Å². The molecule has 3 rings (SSSR count). The lowest BCUT2D eigenvalue weighted by Crippen LogP contribution is -2.22. The largest absolute Gasteiger partial charge is 0.473 e. The molecule has 6 heteroatoms. The first-order valence-corrected chi connectivity index (χ1v) is 8.06. The van der Waals surface area contributed by atoms with Crippen LogP contribution >= 0.6 is 0 Å². The Morgan fingerprint density at radius 2 is 2.00 bits per heavy atom. The third kappa shape index (κ3) is 3.85. The second-order valence-corrected chi connectivity index (χ2v) is 5.47. The summed E-state index contributed by atoms with van der Waals surface area (Å²) in [4.78, 5) is 15.9. The van der Waals surface area contributed by atoms with Gasteiger partial charge in [-0.3, -0.25) is 4.79 Å². The minimum atomic E-state index is -0.150. The van der Waals surface area contributed by atoms with E-state index >= 15 is 0 Å². The third-order valence-electron chi connectivity index (χ3n) is 3.73. The average molecular weight is 337 g/mol. The normalized spacial score (nSPS) is 10.5. The first-order chi connectivity index (χ1) is 12.2. The molecule has 0 saturated heterocycles. The number of pyridine rings is 1. The number of amides is 1. The lowest BCUT2D eigenvalue weighted by Gasteiger charge is -2.07. The van der Waals surface area contributed by atoms with E-state index in [1.165, 1.54) is 6.20 Å². The van der Waals surface area contributed by atoms with Crippen LogP contribution in [0, 0.1) is 6.92 Å². The van der Waals surface area contributed by atoms with Crippen LogP contribution in [0.5, 0.6) is 5.88 Å². The predicted molar refractivity (Wildman–Crippen MR) is 93.3 cm³/mol. The van der Waals surface area contributed by atoms with Crippen molar-refractivity contribution in [1.29, 1.82) is 0 Å². The highest BCUT2D eigenvalue weighted by molar-refractivity contribution is 5.93. The number of nitrogens with one attached hydrogen (secondary N) is 1. The quantitative estimate of drug-likeness (QED) is 0.746. The molecule has 0 bridgehead atoms. The Kier molecular flexibility index (Phi) is 5.09. The van der Waals surface area contributed by atoms with Crippen LogP contribution in [0.15, 0.2) is 53.2 Å². The Bertz CT molecular complexity index is 842. The molecule has 25 heavy (non-hydrogen) atoms. The van der Waals surface area contributed by atoms with Crippen molar-refractivity contribution in [2.75, 3.05) is 6.54 Å². The van der Waals surface area contributed by atoms with Gasteiger partial charge >= 0.3 is 0 Å². The van der Waals surface area contributed by atoms with Crippen LogP contribution in [-0.4, -0.2) is 22.6 Å². The number of ether oxygens (including phenoxy) is 1. The summed E-state index contributed by atoms with van der Waals surface area (Å²) in [6, 6.07) is 13.2. The van der Waals surface area contributed by atoms with E-state index in [2.05, 4.69) is 15.5 Å². The lowest BCUT2D eigenvalue weighted by molar-refractivity contribution is 0.0955. The zero-order valence-electron chi connectivity index (χ0n) is 14.2. The monoisotopic (exact) mass is 337 g/mol. The smallest absolute Gasteiger partial charge is 0.252 e.